The molecule has 0 bridgehead atoms. The lowest BCUT2D eigenvalue weighted by Crippen LogP contribution is -2.52. The molecule has 3 aromatic rings. The number of hydrogen-bond acceptors (Lipinski definition) is 7. The molecule has 0 saturated carbocycles. The van der Waals surface area contributed by atoms with Gasteiger partial charge in [0, 0.05) is 31.8 Å². The summed E-state index contributed by atoms with van der Waals surface area (Å²) in [7, 11) is 1.69. The molecule has 2 aliphatic rings. The number of hydrogen-bond donors (Lipinski definition) is 2. The predicted octanol–water partition coefficient (Wildman–Crippen LogP) is -0.308. The van der Waals surface area contributed by atoms with Crippen molar-refractivity contribution < 1.29 is 19.2 Å². The summed E-state index contributed by atoms with van der Waals surface area (Å²) in [4.78, 5) is 50.2. The zero-order chi connectivity index (χ0) is 23.1. The third kappa shape index (κ3) is 3.75. The Kier molecular flexibility index (Phi) is 4.96. The molecule has 12 heteroatoms. The first-order valence-corrected chi connectivity index (χ1v) is 10.4. The van der Waals surface area contributed by atoms with Gasteiger partial charge in [0.2, 0.25) is 11.8 Å². The number of aromatic nitrogens is 5. The molecule has 4 heterocycles. The minimum atomic E-state index is -0.660. The zero-order valence-electron chi connectivity index (χ0n) is 17.7. The van der Waals surface area contributed by atoms with Gasteiger partial charge in [-0.2, -0.15) is 5.10 Å². The van der Waals surface area contributed by atoms with E-state index in [1.165, 1.54) is 9.58 Å². The lowest BCUT2D eigenvalue weighted by molar-refractivity contribution is -0.136. The number of rotatable bonds is 5. The molecule has 0 spiro atoms. The smallest absolute Gasteiger partial charge is 0.269 e. The third-order valence-electron chi connectivity index (χ3n) is 5.80. The summed E-state index contributed by atoms with van der Waals surface area (Å²) in [6, 6.07) is 6.23. The van der Waals surface area contributed by atoms with E-state index in [0.29, 0.717) is 29.1 Å². The standard InChI is InChI=1S/C21H20N8O4/c1-27-16(6-7-23-27)19(31)22-9-13-11-29(26-25-13)14-2-3-15-12(8-14)10-28(21(15)33)17-4-5-18(30)24-20(17)32/h2-3,6-8,11,17H,4-5,9-10H2,1H3,(H,22,31)(H,24,30,32). The molecular weight excluding hydrogens is 428 g/mol. The Morgan fingerprint density at radius 3 is 2.85 bits per heavy atom. The summed E-state index contributed by atoms with van der Waals surface area (Å²) in [5, 5.41) is 17.3. The minimum Gasteiger partial charge on any atom is -0.345 e. The molecule has 33 heavy (non-hydrogen) atoms. The highest BCUT2D eigenvalue weighted by Gasteiger charge is 2.39. The van der Waals surface area contributed by atoms with Crippen LogP contribution in [0.4, 0.5) is 0 Å². The van der Waals surface area contributed by atoms with Crippen LogP contribution in [0.5, 0.6) is 0 Å². The van der Waals surface area contributed by atoms with E-state index in [4.69, 9.17) is 0 Å². The molecule has 1 aromatic carbocycles. The second-order valence-corrected chi connectivity index (χ2v) is 7.92. The van der Waals surface area contributed by atoms with E-state index in [0.717, 1.165) is 5.56 Å². The molecule has 0 radical (unpaired) electrons. The molecule has 2 aromatic heterocycles. The van der Waals surface area contributed by atoms with E-state index in [1.807, 2.05) is 6.07 Å². The Balaban J connectivity index is 1.28. The summed E-state index contributed by atoms with van der Waals surface area (Å²) in [5.74, 6) is -1.26. The van der Waals surface area contributed by atoms with Crippen molar-refractivity contribution in [2.45, 2.75) is 32.0 Å². The van der Waals surface area contributed by atoms with Gasteiger partial charge >= 0.3 is 0 Å². The monoisotopic (exact) mass is 448 g/mol. The lowest BCUT2D eigenvalue weighted by atomic mass is 10.0. The van der Waals surface area contributed by atoms with Crippen LogP contribution in [-0.4, -0.2) is 59.3 Å². The minimum absolute atomic E-state index is 0.191. The number of carbonyl (C=O) groups is 4. The van der Waals surface area contributed by atoms with Crippen molar-refractivity contribution in [2.75, 3.05) is 0 Å². The Labute approximate surface area is 187 Å². The summed E-state index contributed by atoms with van der Waals surface area (Å²) in [6.45, 7) is 0.466. The molecule has 168 valence electrons. The van der Waals surface area contributed by atoms with Gasteiger partial charge < -0.3 is 10.2 Å². The summed E-state index contributed by atoms with van der Waals surface area (Å²) in [5.41, 5.74) is 2.98. The van der Waals surface area contributed by atoms with Crippen LogP contribution >= 0.6 is 0 Å². The van der Waals surface area contributed by atoms with E-state index in [1.54, 1.807) is 42.3 Å². The van der Waals surface area contributed by atoms with Crippen LogP contribution in [0.25, 0.3) is 5.69 Å². The van der Waals surface area contributed by atoms with Gasteiger partial charge in [0.1, 0.15) is 17.4 Å². The molecule has 1 saturated heterocycles. The van der Waals surface area contributed by atoms with E-state index in [-0.39, 0.29) is 37.2 Å². The number of nitrogens with zero attached hydrogens (tertiary/aromatic N) is 6. The molecule has 4 amide bonds. The van der Waals surface area contributed by atoms with Crippen LogP contribution in [-0.2, 0) is 29.7 Å². The molecule has 1 fully saturated rings. The second kappa shape index (κ2) is 7.97. The SMILES string of the molecule is Cn1nccc1C(=O)NCc1cn(-c2ccc3c(c2)CN(C2CCC(=O)NC2=O)C3=O)nn1. The van der Waals surface area contributed by atoms with Crippen LogP contribution in [0.15, 0.2) is 36.7 Å². The molecule has 0 aliphatic carbocycles. The van der Waals surface area contributed by atoms with Crippen molar-refractivity contribution in [1.82, 2.24) is 40.3 Å². The fourth-order valence-electron chi connectivity index (χ4n) is 4.07. The average Bonchev–Trinajstić information content (AvgIpc) is 3.51. The summed E-state index contributed by atoms with van der Waals surface area (Å²) in [6.07, 6.45) is 3.76. The van der Waals surface area contributed by atoms with Crippen molar-refractivity contribution in [2.24, 2.45) is 7.05 Å². The number of amides is 4. The quantitative estimate of drug-likeness (QED) is 0.510. The number of benzene rings is 1. The first-order chi connectivity index (χ1) is 15.9. The Morgan fingerprint density at radius 1 is 1.24 bits per heavy atom. The number of piperidine rings is 1. The maximum Gasteiger partial charge on any atom is 0.269 e. The average molecular weight is 448 g/mol. The van der Waals surface area contributed by atoms with Crippen molar-refractivity contribution in [3.8, 4) is 5.69 Å². The van der Waals surface area contributed by atoms with Gasteiger partial charge in [-0.15, -0.1) is 5.10 Å². The third-order valence-corrected chi connectivity index (χ3v) is 5.80. The van der Waals surface area contributed by atoms with Crippen molar-refractivity contribution in [3.63, 3.8) is 0 Å². The summed E-state index contributed by atoms with van der Waals surface area (Å²) >= 11 is 0. The highest BCUT2D eigenvalue weighted by molar-refractivity contribution is 6.05. The highest BCUT2D eigenvalue weighted by atomic mass is 16.2. The normalized spacial score (nSPS) is 17.8. The van der Waals surface area contributed by atoms with E-state index < -0.39 is 11.9 Å². The van der Waals surface area contributed by atoms with Gasteiger partial charge in [-0.3, -0.25) is 29.2 Å². The maximum atomic E-state index is 12.8. The van der Waals surface area contributed by atoms with E-state index in [9.17, 15) is 19.2 Å². The van der Waals surface area contributed by atoms with Gasteiger partial charge in [0.05, 0.1) is 18.4 Å². The van der Waals surface area contributed by atoms with Crippen LogP contribution in [0.1, 0.15) is 44.9 Å². The number of carbonyl (C=O) groups excluding carboxylic acids is 4. The van der Waals surface area contributed by atoms with E-state index >= 15 is 0 Å². The summed E-state index contributed by atoms with van der Waals surface area (Å²) < 4.78 is 3.04. The van der Waals surface area contributed by atoms with Gasteiger partial charge in [-0.1, -0.05) is 5.21 Å². The van der Waals surface area contributed by atoms with Crippen LogP contribution in [0, 0.1) is 0 Å². The van der Waals surface area contributed by atoms with Crippen molar-refractivity contribution in [1.29, 1.82) is 0 Å². The van der Waals surface area contributed by atoms with E-state index in [2.05, 4.69) is 26.0 Å². The van der Waals surface area contributed by atoms with Crippen LogP contribution < -0.4 is 10.6 Å². The lowest BCUT2D eigenvalue weighted by Gasteiger charge is -2.29. The molecule has 1 atom stereocenters. The van der Waals surface area contributed by atoms with Crippen LogP contribution in [0.3, 0.4) is 0 Å². The highest BCUT2D eigenvalue weighted by Crippen LogP contribution is 2.29. The molecule has 5 rings (SSSR count). The van der Waals surface area contributed by atoms with Gasteiger partial charge in [0.15, 0.2) is 0 Å². The second-order valence-electron chi connectivity index (χ2n) is 7.92. The number of aryl methyl sites for hydroxylation is 1. The molecule has 12 nitrogen and oxygen atoms in total. The first-order valence-electron chi connectivity index (χ1n) is 10.4. The fourth-order valence-corrected chi connectivity index (χ4v) is 4.07. The largest absolute Gasteiger partial charge is 0.345 e. The fraction of sp³-hybridized carbons (Fsp3) is 0.286. The topological polar surface area (TPSA) is 144 Å². The Hall–Kier alpha value is -4.35. The van der Waals surface area contributed by atoms with Gasteiger partial charge in [-0.05, 0) is 36.2 Å². The predicted molar refractivity (Wildman–Crippen MR) is 112 cm³/mol. The number of nitrogens with one attached hydrogen (secondary N) is 2. The van der Waals surface area contributed by atoms with Crippen molar-refractivity contribution >= 4 is 23.6 Å². The molecule has 2 aliphatic heterocycles. The Bertz CT molecular complexity index is 1290. The zero-order valence-corrected chi connectivity index (χ0v) is 17.7. The van der Waals surface area contributed by atoms with Crippen molar-refractivity contribution in [3.05, 3.63) is 59.2 Å². The van der Waals surface area contributed by atoms with Crippen LogP contribution in [0.2, 0.25) is 0 Å². The molecule has 2 N–H and O–H groups in total. The Morgan fingerprint density at radius 2 is 2.09 bits per heavy atom. The number of fused-ring (bicyclic) bond motifs is 1. The maximum absolute atomic E-state index is 12.8. The first kappa shape index (κ1) is 20.5. The molecule has 1 unspecified atom stereocenters. The number of imide groups is 1. The van der Waals surface area contributed by atoms with Gasteiger partial charge in [0.25, 0.3) is 11.8 Å². The van der Waals surface area contributed by atoms with Gasteiger partial charge in [-0.25, -0.2) is 4.68 Å². The molecular formula is C21H20N8O4.